The van der Waals surface area contributed by atoms with Gasteiger partial charge in [-0.1, -0.05) is 5.18 Å². The molecule has 0 bridgehead atoms. The Hall–Kier alpha value is -1.02. The first kappa shape index (κ1) is 9.07. The zero-order chi connectivity index (χ0) is 8.81. The SMILES string of the molecule is O=C=NC1CCC(CN=O)CC1. The van der Waals surface area contributed by atoms with Crippen LogP contribution in [-0.4, -0.2) is 18.7 Å². The van der Waals surface area contributed by atoms with Crippen LogP contribution in [0.3, 0.4) is 0 Å². The Morgan fingerprint density at radius 3 is 2.42 bits per heavy atom. The van der Waals surface area contributed by atoms with Crippen LogP contribution < -0.4 is 0 Å². The van der Waals surface area contributed by atoms with Crippen LogP contribution in [-0.2, 0) is 4.79 Å². The van der Waals surface area contributed by atoms with Gasteiger partial charge in [-0.2, -0.15) is 4.91 Å². The first-order chi connectivity index (χ1) is 5.86. The van der Waals surface area contributed by atoms with Crippen molar-refractivity contribution >= 4 is 6.08 Å². The smallest absolute Gasteiger partial charge is 0.211 e. The van der Waals surface area contributed by atoms with Crippen molar-refractivity contribution in [3.63, 3.8) is 0 Å². The number of aliphatic imine (C=N–C) groups is 1. The molecule has 12 heavy (non-hydrogen) atoms. The summed E-state index contributed by atoms with van der Waals surface area (Å²) in [5.41, 5.74) is 0. The topological polar surface area (TPSA) is 58.9 Å². The zero-order valence-electron chi connectivity index (χ0n) is 6.90. The summed E-state index contributed by atoms with van der Waals surface area (Å²) in [5.74, 6) is 0.417. The summed E-state index contributed by atoms with van der Waals surface area (Å²) in [6.07, 6.45) is 5.29. The lowest BCUT2D eigenvalue weighted by Crippen LogP contribution is -2.18. The molecule has 0 N–H and O–H groups in total. The van der Waals surface area contributed by atoms with E-state index in [2.05, 4.69) is 10.2 Å². The molecular weight excluding hydrogens is 156 g/mol. The van der Waals surface area contributed by atoms with Gasteiger partial charge in [0.15, 0.2) is 0 Å². The van der Waals surface area contributed by atoms with Gasteiger partial charge < -0.3 is 0 Å². The molecule has 1 saturated carbocycles. The van der Waals surface area contributed by atoms with Crippen molar-refractivity contribution in [1.82, 2.24) is 0 Å². The van der Waals surface area contributed by atoms with Gasteiger partial charge >= 0.3 is 0 Å². The first-order valence-corrected chi connectivity index (χ1v) is 4.23. The average Bonchev–Trinajstić information content (AvgIpc) is 2.09. The molecule has 0 saturated heterocycles. The molecule has 0 aliphatic heterocycles. The third kappa shape index (κ3) is 2.55. The Morgan fingerprint density at radius 1 is 1.25 bits per heavy atom. The lowest BCUT2D eigenvalue weighted by atomic mass is 9.86. The van der Waals surface area contributed by atoms with Gasteiger partial charge in [-0.05, 0) is 31.6 Å². The molecule has 0 aromatic heterocycles. The molecule has 0 heterocycles. The van der Waals surface area contributed by atoms with Crippen molar-refractivity contribution < 1.29 is 4.79 Å². The number of rotatable bonds is 3. The molecule has 0 radical (unpaired) electrons. The molecule has 1 aliphatic carbocycles. The van der Waals surface area contributed by atoms with Crippen molar-refractivity contribution in [2.75, 3.05) is 6.54 Å². The number of isocyanates is 1. The quantitative estimate of drug-likeness (QED) is 0.365. The molecule has 0 atom stereocenters. The van der Waals surface area contributed by atoms with Gasteiger partial charge in [0.2, 0.25) is 6.08 Å². The van der Waals surface area contributed by atoms with Crippen LogP contribution in [0, 0.1) is 10.8 Å². The largest absolute Gasteiger partial charge is 0.235 e. The lowest BCUT2D eigenvalue weighted by molar-refractivity contribution is 0.333. The minimum absolute atomic E-state index is 0.144. The predicted molar refractivity (Wildman–Crippen MR) is 44.5 cm³/mol. The second-order valence-electron chi connectivity index (χ2n) is 3.21. The fourth-order valence-electron chi connectivity index (χ4n) is 1.64. The van der Waals surface area contributed by atoms with Crippen molar-refractivity contribution in [1.29, 1.82) is 0 Å². The van der Waals surface area contributed by atoms with Crippen LogP contribution in [0.5, 0.6) is 0 Å². The predicted octanol–water partition coefficient (Wildman–Crippen LogP) is 1.65. The highest BCUT2D eigenvalue weighted by atomic mass is 16.3. The van der Waals surface area contributed by atoms with E-state index in [1.165, 1.54) is 0 Å². The van der Waals surface area contributed by atoms with Gasteiger partial charge in [0.25, 0.3) is 0 Å². The van der Waals surface area contributed by atoms with Crippen molar-refractivity contribution in [2.24, 2.45) is 16.1 Å². The molecule has 0 spiro atoms. The second-order valence-corrected chi connectivity index (χ2v) is 3.21. The number of carbonyl (C=O) groups excluding carboxylic acids is 1. The Labute approximate surface area is 71.0 Å². The first-order valence-electron chi connectivity index (χ1n) is 4.23. The van der Waals surface area contributed by atoms with Gasteiger partial charge in [-0.3, -0.25) is 0 Å². The van der Waals surface area contributed by atoms with Crippen LogP contribution in [0.15, 0.2) is 10.2 Å². The lowest BCUT2D eigenvalue weighted by Gasteiger charge is -2.22. The summed E-state index contributed by atoms with van der Waals surface area (Å²) >= 11 is 0. The van der Waals surface area contributed by atoms with E-state index in [-0.39, 0.29) is 6.04 Å². The minimum atomic E-state index is 0.144. The molecule has 0 unspecified atom stereocenters. The molecular formula is C8H12N2O2. The standard InChI is InChI=1S/C8H12N2O2/c11-6-9-8-3-1-7(2-4-8)5-10-12/h7-8H,1-5H2. The summed E-state index contributed by atoms with van der Waals surface area (Å²) in [4.78, 5) is 23.5. The summed E-state index contributed by atoms with van der Waals surface area (Å²) in [6.45, 7) is 0.414. The molecule has 1 aliphatic rings. The molecule has 1 rings (SSSR count). The maximum absolute atomic E-state index is 9.94. The number of nitrogens with zero attached hydrogens (tertiary/aromatic N) is 2. The van der Waals surface area contributed by atoms with Crippen molar-refractivity contribution in [3.8, 4) is 0 Å². The van der Waals surface area contributed by atoms with Crippen LogP contribution in [0.2, 0.25) is 0 Å². The van der Waals surface area contributed by atoms with Gasteiger partial charge in [0, 0.05) is 0 Å². The molecule has 0 aromatic carbocycles. The second kappa shape index (κ2) is 4.78. The zero-order valence-corrected chi connectivity index (χ0v) is 6.90. The van der Waals surface area contributed by atoms with Crippen LogP contribution in [0.25, 0.3) is 0 Å². The highest BCUT2D eigenvalue weighted by Gasteiger charge is 2.20. The number of hydrogen-bond donors (Lipinski definition) is 0. The fourth-order valence-corrected chi connectivity index (χ4v) is 1.64. The van der Waals surface area contributed by atoms with Crippen molar-refractivity contribution in [3.05, 3.63) is 4.91 Å². The van der Waals surface area contributed by atoms with E-state index in [0.717, 1.165) is 25.7 Å². The summed E-state index contributed by atoms with van der Waals surface area (Å²) in [7, 11) is 0. The molecule has 1 fully saturated rings. The fraction of sp³-hybridized carbons (Fsp3) is 0.875. The maximum atomic E-state index is 9.94. The van der Waals surface area contributed by atoms with E-state index in [0.29, 0.717) is 12.5 Å². The van der Waals surface area contributed by atoms with E-state index in [4.69, 9.17) is 0 Å². The van der Waals surface area contributed by atoms with Gasteiger partial charge in [-0.25, -0.2) is 9.79 Å². The Kier molecular flexibility index (Phi) is 3.61. The van der Waals surface area contributed by atoms with E-state index in [1.807, 2.05) is 0 Å². The molecule has 4 heteroatoms. The third-order valence-electron chi connectivity index (χ3n) is 2.38. The van der Waals surface area contributed by atoms with E-state index >= 15 is 0 Å². The van der Waals surface area contributed by atoms with Crippen LogP contribution in [0.1, 0.15) is 25.7 Å². The minimum Gasteiger partial charge on any atom is -0.211 e. The van der Waals surface area contributed by atoms with E-state index < -0.39 is 0 Å². The normalized spacial score (nSPS) is 29.0. The summed E-state index contributed by atoms with van der Waals surface area (Å²) in [6, 6.07) is 0.144. The summed E-state index contributed by atoms with van der Waals surface area (Å²) in [5, 5.41) is 2.87. The van der Waals surface area contributed by atoms with Crippen molar-refractivity contribution in [2.45, 2.75) is 31.7 Å². The van der Waals surface area contributed by atoms with Crippen LogP contribution in [0.4, 0.5) is 0 Å². The number of nitroso groups, excluding NO2 is 1. The van der Waals surface area contributed by atoms with Gasteiger partial charge in [0.05, 0.1) is 12.6 Å². The monoisotopic (exact) mass is 168 g/mol. The summed E-state index contributed by atoms with van der Waals surface area (Å²) < 4.78 is 0. The highest BCUT2D eigenvalue weighted by molar-refractivity contribution is 5.33. The Bertz CT molecular complexity index is 191. The molecule has 0 amide bonds. The Morgan fingerprint density at radius 2 is 1.92 bits per heavy atom. The molecule has 4 nitrogen and oxygen atoms in total. The third-order valence-corrected chi connectivity index (χ3v) is 2.38. The van der Waals surface area contributed by atoms with Gasteiger partial charge in [-0.15, -0.1) is 0 Å². The van der Waals surface area contributed by atoms with Gasteiger partial charge in [0.1, 0.15) is 0 Å². The molecule has 0 aromatic rings. The Balaban J connectivity index is 2.28. The molecule has 66 valence electrons. The van der Waals surface area contributed by atoms with E-state index in [9.17, 15) is 9.70 Å². The average molecular weight is 168 g/mol. The van der Waals surface area contributed by atoms with Crippen LogP contribution >= 0.6 is 0 Å². The highest BCUT2D eigenvalue weighted by Crippen LogP contribution is 2.25. The number of hydrogen-bond acceptors (Lipinski definition) is 4. The van der Waals surface area contributed by atoms with E-state index in [1.54, 1.807) is 6.08 Å². The maximum Gasteiger partial charge on any atom is 0.235 e.